The fourth-order valence-electron chi connectivity index (χ4n) is 2.38. The highest BCUT2D eigenvalue weighted by Crippen LogP contribution is 2.29. The number of aryl methyl sites for hydroxylation is 1. The van der Waals surface area contributed by atoms with Crippen LogP contribution in [0.1, 0.15) is 17.0 Å². The maximum Gasteiger partial charge on any atom is 0.416 e. The molecule has 1 amide bonds. The second kappa shape index (κ2) is 7.59. The number of tetrazole rings is 1. The third-order valence-electron chi connectivity index (χ3n) is 3.71. The van der Waals surface area contributed by atoms with Crippen LogP contribution in [0.4, 0.5) is 23.2 Å². The van der Waals surface area contributed by atoms with Crippen LogP contribution in [0.15, 0.2) is 48.5 Å². The summed E-state index contributed by atoms with van der Waals surface area (Å²) in [4.78, 5) is 12.1. The Bertz CT molecular complexity index is 1040. The van der Waals surface area contributed by atoms with E-state index in [-0.39, 0.29) is 16.9 Å². The Morgan fingerprint density at radius 3 is 2.64 bits per heavy atom. The second-order valence-electron chi connectivity index (χ2n) is 5.75. The van der Waals surface area contributed by atoms with Crippen LogP contribution in [0, 0.1) is 12.7 Å². The van der Waals surface area contributed by atoms with Crippen LogP contribution in [0.25, 0.3) is 11.8 Å². The van der Waals surface area contributed by atoms with E-state index < -0.39 is 23.5 Å². The highest BCUT2D eigenvalue weighted by atomic mass is 19.4. The van der Waals surface area contributed by atoms with Gasteiger partial charge in [0.15, 0.2) is 5.82 Å². The highest BCUT2D eigenvalue weighted by molar-refractivity contribution is 6.02. The molecule has 0 radical (unpaired) electrons. The summed E-state index contributed by atoms with van der Waals surface area (Å²) < 4.78 is 53.3. The number of benzene rings is 2. The van der Waals surface area contributed by atoms with Crippen LogP contribution in [0.5, 0.6) is 0 Å². The van der Waals surface area contributed by atoms with E-state index in [9.17, 15) is 22.4 Å². The van der Waals surface area contributed by atoms with E-state index in [2.05, 4.69) is 20.8 Å². The molecule has 1 N–H and O–H groups in total. The van der Waals surface area contributed by atoms with Crippen molar-refractivity contribution < 1.29 is 22.4 Å². The lowest BCUT2D eigenvalue weighted by Crippen LogP contribution is -2.10. The number of nitrogens with zero attached hydrogens (tertiary/aromatic N) is 4. The molecule has 0 spiro atoms. The molecule has 0 aliphatic heterocycles. The predicted molar refractivity (Wildman–Crippen MR) is 93.0 cm³/mol. The smallest absolute Gasteiger partial charge is 0.322 e. The maximum absolute atomic E-state index is 14.0. The van der Waals surface area contributed by atoms with Gasteiger partial charge in [-0.3, -0.25) is 4.79 Å². The van der Waals surface area contributed by atoms with Gasteiger partial charge in [0.2, 0.25) is 5.91 Å². The first-order chi connectivity index (χ1) is 13.2. The lowest BCUT2D eigenvalue weighted by molar-refractivity contribution is -0.137. The van der Waals surface area contributed by atoms with Gasteiger partial charge >= 0.3 is 6.18 Å². The molecule has 1 aromatic heterocycles. The lowest BCUT2D eigenvalue weighted by Gasteiger charge is -2.08. The van der Waals surface area contributed by atoms with Gasteiger partial charge in [-0.15, -0.1) is 5.10 Å². The van der Waals surface area contributed by atoms with E-state index in [0.717, 1.165) is 24.3 Å². The number of carbonyl (C=O) groups is 1. The monoisotopic (exact) mass is 391 g/mol. The van der Waals surface area contributed by atoms with E-state index in [1.165, 1.54) is 35.0 Å². The molecule has 0 unspecified atom stereocenters. The number of amides is 1. The molecule has 0 aliphatic carbocycles. The van der Waals surface area contributed by atoms with Gasteiger partial charge in [-0.05, 0) is 59.3 Å². The minimum absolute atomic E-state index is 0.0437. The Hall–Kier alpha value is -3.56. The van der Waals surface area contributed by atoms with E-state index >= 15 is 0 Å². The zero-order valence-corrected chi connectivity index (χ0v) is 14.4. The predicted octanol–water partition coefficient (Wildman–Crippen LogP) is 3.78. The number of rotatable bonds is 4. The molecule has 144 valence electrons. The molecule has 0 bridgehead atoms. The molecule has 0 saturated heterocycles. The molecule has 3 rings (SSSR count). The third-order valence-corrected chi connectivity index (χ3v) is 3.71. The van der Waals surface area contributed by atoms with Crippen molar-refractivity contribution in [2.75, 3.05) is 5.32 Å². The topological polar surface area (TPSA) is 72.7 Å². The van der Waals surface area contributed by atoms with Gasteiger partial charge in [-0.2, -0.15) is 17.9 Å². The number of hydrogen-bond donors (Lipinski definition) is 1. The minimum atomic E-state index is -4.47. The Morgan fingerprint density at radius 2 is 1.96 bits per heavy atom. The van der Waals surface area contributed by atoms with E-state index in [1.807, 2.05) is 0 Å². The van der Waals surface area contributed by atoms with E-state index in [1.54, 1.807) is 6.92 Å². The molecule has 28 heavy (non-hydrogen) atoms. The summed E-state index contributed by atoms with van der Waals surface area (Å²) in [7, 11) is 0. The third kappa shape index (κ3) is 4.40. The molecule has 0 aliphatic rings. The zero-order valence-electron chi connectivity index (χ0n) is 14.4. The normalized spacial score (nSPS) is 11.8. The highest BCUT2D eigenvalue weighted by Gasteiger charge is 2.30. The largest absolute Gasteiger partial charge is 0.416 e. The SMILES string of the molecule is Cc1nnnn1-c1cc(NC(=O)/C=C/c2cccc(C(F)(F)F)c2)ccc1F. The molecule has 6 nitrogen and oxygen atoms in total. The van der Waals surface area contributed by atoms with Crippen LogP contribution >= 0.6 is 0 Å². The molecule has 1 heterocycles. The van der Waals surface area contributed by atoms with Gasteiger partial charge < -0.3 is 5.32 Å². The number of anilines is 1. The molecule has 0 fully saturated rings. The molecular formula is C18H13F4N5O. The average Bonchev–Trinajstić information content (AvgIpc) is 3.07. The quantitative estimate of drug-likeness (QED) is 0.543. The van der Waals surface area contributed by atoms with Crippen LogP contribution in [0.3, 0.4) is 0 Å². The average molecular weight is 391 g/mol. The summed E-state index contributed by atoms with van der Waals surface area (Å²) in [5, 5.41) is 13.3. The molecule has 3 aromatic rings. The number of hydrogen-bond acceptors (Lipinski definition) is 4. The van der Waals surface area contributed by atoms with Crippen molar-refractivity contribution >= 4 is 17.7 Å². The summed E-state index contributed by atoms with van der Waals surface area (Å²) >= 11 is 0. The van der Waals surface area contributed by atoms with Gasteiger partial charge in [0.25, 0.3) is 0 Å². The summed E-state index contributed by atoms with van der Waals surface area (Å²) in [6, 6.07) is 8.39. The maximum atomic E-state index is 14.0. The van der Waals surface area contributed by atoms with Crippen molar-refractivity contribution in [3.8, 4) is 5.69 Å². The Morgan fingerprint density at radius 1 is 1.18 bits per heavy atom. The van der Waals surface area contributed by atoms with E-state index in [4.69, 9.17) is 0 Å². The van der Waals surface area contributed by atoms with Crippen molar-refractivity contribution in [3.05, 3.63) is 71.3 Å². The molecule has 0 saturated carbocycles. The van der Waals surface area contributed by atoms with Gasteiger partial charge in [-0.25, -0.2) is 4.39 Å². The fourth-order valence-corrected chi connectivity index (χ4v) is 2.38. The molecular weight excluding hydrogens is 378 g/mol. The van der Waals surface area contributed by atoms with Crippen LogP contribution in [0.2, 0.25) is 0 Å². The van der Waals surface area contributed by atoms with Crippen LogP contribution in [-0.4, -0.2) is 26.1 Å². The van der Waals surface area contributed by atoms with Crippen molar-refractivity contribution in [2.24, 2.45) is 0 Å². The van der Waals surface area contributed by atoms with Crippen molar-refractivity contribution in [3.63, 3.8) is 0 Å². The standard InChI is InChI=1S/C18H13F4N5O/c1-11-24-25-26-27(11)16-10-14(6-7-15(16)19)23-17(28)8-5-12-3-2-4-13(9-12)18(20,21)22/h2-10H,1H3,(H,23,28)/b8-5+. The first-order valence-corrected chi connectivity index (χ1v) is 7.95. The van der Waals surface area contributed by atoms with Gasteiger partial charge in [0.1, 0.15) is 11.5 Å². The molecule has 2 aromatic carbocycles. The summed E-state index contributed by atoms with van der Waals surface area (Å²) in [5.74, 6) is -0.830. The summed E-state index contributed by atoms with van der Waals surface area (Å²) in [6.07, 6.45) is -2.13. The Balaban J connectivity index is 1.75. The van der Waals surface area contributed by atoms with Crippen molar-refractivity contribution in [1.82, 2.24) is 20.2 Å². The first-order valence-electron chi connectivity index (χ1n) is 7.95. The van der Waals surface area contributed by atoms with Crippen LogP contribution < -0.4 is 5.32 Å². The van der Waals surface area contributed by atoms with Gasteiger partial charge in [-0.1, -0.05) is 12.1 Å². The lowest BCUT2D eigenvalue weighted by atomic mass is 10.1. The second-order valence-corrected chi connectivity index (χ2v) is 5.75. The minimum Gasteiger partial charge on any atom is -0.322 e. The number of alkyl halides is 3. The van der Waals surface area contributed by atoms with Crippen molar-refractivity contribution in [1.29, 1.82) is 0 Å². The fraction of sp³-hybridized carbons (Fsp3) is 0.111. The number of nitrogens with one attached hydrogen (secondary N) is 1. The summed E-state index contributed by atoms with van der Waals surface area (Å²) in [6.45, 7) is 1.59. The molecule has 10 heteroatoms. The molecule has 0 atom stereocenters. The van der Waals surface area contributed by atoms with Crippen molar-refractivity contribution in [2.45, 2.75) is 13.1 Å². The Labute approximate surface area is 156 Å². The van der Waals surface area contributed by atoms with Gasteiger partial charge in [0.05, 0.1) is 5.56 Å². The zero-order chi connectivity index (χ0) is 20.3. The Kier molecular flexibility index (Phi) is 5.21. The number of halogens is 4. The first kappa shape index (κ1) is 19.2. The summed E-state index contributed by atoms with van der Waals surface area (Å²) in [5.41, 5.74) is -0.281. The number of carbonyl (C=O) groups excluding carboxylic acids is 1. The van der Waals surface area contributed by atoms with Crippen LogP contribution in [-0.2, 0) is 11.0 Å². The number of aromatic nitrogens is 4. The van der Waals surface area contributed by atoms with E-state index in [0.29, 0.717) is 5.82 Å². The van der Waals surface area contributed by atoms with Gasteiger partial charge in [0, 0.05) is 11.8 Å².